The Bertz CT molecular complexity index is 852. The topological polar surface area (TPSA) is 49.8 Å². The lowest BCUT2D eigenvalue weighted by Crippen LogP contribution is -2.06. The molecule has 6 heteroatoms. The number of nitrogens with one attached hydrogen (secondary N) is 2. The fraction of sp³-hybridized carbons (Fsp3) is 0.111. The molecule has 3 rings (SSSR count). The van der Waals surface area contributed by atoms with E-state index in [4.69, 9.17) is 23.2 Å². The molecular weight excluding hydrogens is 343 g/mol. The zero-order chi connectivity index (χ0) is 16.9. The smallest absolute Gasteiger partial charge is 0.229 e. The molecule has 0 unspecified atom stereocenters. The van der Waals surface area contributed by atoms with E-state index in [0.29, 0.717) is 17.5 Å². The second-order valence-corrected chi connectivity index (χ2v) is 6.14. The Kier molecular flexibility index (Phi) is 5.18. The number of halogens is 2. The summed E-state index contributed by atoms with van der Waals surface area (Å²) in [6, 6.07) is 17.0. The number of anilines is 3. The van der Waals surface area contributed by atoms with Crippen LogP contribution >= 0.6 is 23.2 Å². The summed E-state index contributed by atoms with van der Waals surface area (Å²) in [4.78, 5) is 8.88. The minimum Gasteiger partial charge on any atom is -0.366 e. The number of hydrogen-bond donors (Lipinski definition) is 2. The summed E-state index contributed by atoms with van der Waals surface area (Å²) in [6.07, 6.45) is 0. The number of benzene rings is 2. The Morgan fingerprint density at radius 1 is 0.958 bits per heavy atom. The normalized spacial score (nSPS) is 10.5. The van der Waals surface area contributed by atoms with Crippen LogP contribution in [0.2, 0.25) is 10.0 Å². The van der Waals surface area contributed by atoms with Gasteiger partial charge in [-0.2, -0.15) is 4.98 Å². The van der Waals surface area contributed by atoms with Crippen molar-refractivity contribution in [3.8, 4) is 0 Å². The number of aryl methyl sites for hydroxylation is 1. The van der Waals surface area contributed by atoms with Crippen molar-refractivity contribution in [3.63, 3.8) is 0 Å². The van der Waals surface area contributed by atoms with Crippen LogP contribution in [0.25, 0.3) is 0 Å². The summed E-state index contributed by atoms with van der Waals surface area (Å²) in [6.45, 7) is 2.51. The Labute approximate surface area is 150 Å². The molecule has 2 aromatic carbocycles. The predicted molar refractivity (Wildman–Crippen MR) is 100 cm³/mol. The van der Waals surface area contributed by atoms with Gasteiger partial charge in [0, 0.05) is 34.0 Å². The molecule has 122 valence electrons. The van der Waals surface area contributed by atoms with E-state index >= 15 is 0 Å². The van der Waals surface area contributed by atoms with Crippen LogP contribution in [0.5, 0.6) is 0 Å². The fourth-order valence-electron chi connectivity index (χ4n) is 2.24. The third-order valence-corrected chi connectivity index (χ3v) is 3.96. The van der Waals surface area contributed by atoms with Crippen LogP contribution in [0.3, 0.4) is 0 Å². The molecule has 0 bridgehead atoms. The molecule has 3 aromatic rings. The van der Waals surface area contributed by atoms with Gasteiger partial charge in [-0.1, -0.05) is 47.5 Å². The molecule has 0 radical (unpaired) electrons. The molecule has 0 saturated carbocycles. The maximum absolute atomic E-state index is 6.18. The van der Waals surface area contributed by atoms with Crippen molar-refractivity contribution in [2.24, 2.45) is 0 Å². The third kappa shape index (κ3) is 4.37. The summed E-state index contributed by atoms with van der Waals surface area (Å²) in [5.74, 6) is 1.24. The number of hydrogen-bond acceptors (Lipinski definition) is 4. The summed E-state index contributed by atoms with van der Waals surface area (Å²) in [5, 5.41) is 7.83. The van der Waals surface area contributed by atoms with Crippen LogP contribution in [0.4, 0.5) is 17.5 Å². The van der Waals surface area contributed by atoms with Crippen molar-refractivity contribution >= 4 is 40.7 Å². The van der Waals surface area contributed by atoms with Gasteiger partial charge in [0.25, 0.3) is 0 Å². The van der Waals surface area contributed by atoms with E-state index < -0.39 is 0 Å². The van der Waals surface area contributed by atoms with Gasteiger partial charge in [-0.15, -0.1) is 0 Å². The van der Waals surface area contributed by atoms with Crippen LogP contribution in [0.1, 0.15) is 11.3 Å². The van der Waals surface area contributed by atoms with Crippen LogP contribution in [0, 0.1) is 6.92 Å². The van der Waals surface area contributed by atoms with Gasteiger partial charge in [0.2, 0.25) is 5.95 Å². The van der Waals surface area contributed by atoms with Crippen LogP contribution < -0.4 is 10.6 Å². The van der Waals surface area contributed by atoms with Gasteiger partial charge in [-0.25, -0.2) is 4.98 Å². The van der Waals surface area contributed by atoms with E-state index in [9.17, 15) is 0 Å². The van der Waals surface area contributed by atoms with E-state index in [1.807, 2.05) is 61.5 Å². The van der Waals surface area contributed by atoms with Crippen LogP contribution in [-0.4, -0.2) is 9.97 Å². The highest BCUT2D eigenvalue weighted by Crippen LogP contribution is 2.20. The van der Waals surface area contributed by atoms with Crippen LogP contribution in [0.15, 0.2) is 54.6 Å². The summed E-state index contributed by atoms with van der Waals surface area (Å²) >= 11 is 12.2. The van der Waals surface area contributed by atoms with E-state index in [2.05, 4.69) is 20.6 Å². The van der Waals surface area contributed by atoms with Crippen molar-refractivity contribution in [2.75, 3.05) is 10.6 Å². The molecule has 1 heterocycles. The average molecular weight is 359 g/mol. The largest absolute Gasteiger partial charge is 0.366 e. The van der Waals surface area contributed by atoms with Crippen molar-refractivity contribution in [1.82, 2.24) is 9.97 Å². The average Bonchev–Trinajstić information content (AvgIpc) is 2.53. The molecular formula is C18H16Cl2N4. The molecule has 0 atom stereocenters. The highest BCUT2D eigenvalue weighted by Gasteiger charge is 2.05. The second-order valence-electron chi connectivity index (χ2n) is 5.30. The standard InChI is InChI=1S/C18H16Cl2N4/c1-12-9-17(21-11-13-5-2-3-8-16(13)20)24-18(22-12)23-15-7-4-6-14(19)10-15/h2-10H,11H2,1H3,(H2,21,22,23,24). The van der Waals surface area contributed by atoms with E-state index in [0.717, 1.165) is 27.8 Å². The lowest BCUT2D eigenvalue weighted by molar-refractivity contribution is 1.06. The first-order valence-electron chi connectivity index (χ1n) is 7.46. The van der Waals surface area contributed by atoms with E-state index in [1.54, 1.807) is 0 Å². The fourth-order valence-corrected chi connectivity index (χ4v) is 2.63. The minimum absolute atomic E-state index is 0.513. The van der Waals surface area contributed by atoms with Crippen molar-refractivity contribution in [2.45, 2.75) is 13.5 Å². The highest BCUT2D eigenvalue weighted by atomic mass is 35.5. The summed E-state index contributed by atoms with van der Waals surface area (Å²) in [5.41, 5.74) is 2.71. The van der Waals surface area contributed by atoms with Crippen molar-refractivity contribution in [1.29, 1.82) is 0 Å². The van der Waals surface area contributed by atoms with Gasteiger partial charge < -0.3 is 10.6 Å². The van der Waals surface area contributed by atoms with E-state index in [1.165, 1.54) is 0 Å². The molecule has 1 aromatic heterocycles. The zero-order valence-corrected chi connectivity index (χ0v) is 14.6. The predicted octanol–water partition coefficient (Wildman–Crippen LogP) is 5.45. The zero-order valence-electron chi connectivity index (χ0n) is 13.1. The van der Waals surface area contributed by atoms with Gasteiger partial charge in [0.05, 0.1) is 0 Å². The summed E-state index contributed by atoms with van der Waals surface area (Å²) < 4.78 is 0. The molecule has 0 aliphatic carbocycles. The minimum atomic E-state index is 0.513. The van der Waals surface area contributed by atoms with Gasteiger partial charge in [-0.05, 0) is 36.8 Å². The highest BCUT2D eigenvalue weighted by molar-refractivity contribution is 6.31. The SMILES string of the molecule is Cc1cc(NCc2ccccc2Cl)nc(Nc2cccc(Cl)c2)n1. The Morgan fingerprint density at radius 3 is 2.58 bits per heavy atom. The maximum atomic E-state index is 6.18. The van der Waals surface area contributed by atoms with Gasteiger partial charge >= 0.3 is 0 Å². The van der Waals surface area contributed by atoms with Crippen LogP contribution in [-0.2, 0) is 6.54 Å². The number of rotatable bonds is 5. The lowest BCUT2D eigenvalue weighted by atomic mass is 10.2. The maximum Gasteiger partial charge on any atom is 0.229 e. The first-order valence-corrected chi connectivity index (χ1v) is 8.21. The summed E-state index contributed by atoms with van der Waals surface area (Å²) in [7, 11) is 0. The Hall–Kier alpha value is -2.30. The molecule has 4 nitrogen and oxygen atoms in total. The monoisotopic (exact) mass is 358 g/mol. The number of nitrogens with zero attached hydrogens (tertiary/aromatic N) is 2. The second kappa shape index (κ2) is 7.51. The molecule has 0 aliphatic rings. The van der Waals surface area contributed by atoms with Crippen molar-refractivity contribution in [3.05, 3.63) is 75.9 Å². The first-order chi connectivity index (χ1) is 11.6. The molecule has 0 aliphatic heterocycles. The van der Waals surface area contributed by atoms with Crippen molar-refractivity contribution < 1.29 is 0 Å². The first kappa shape index (κ1) is 16.6. The van der Waals surface area contributed by atoms with Gasteiger partial charge in [0.1, 0.15) is 5.82 Å². The molecule has 0 saturated heterocycles. The van der Waals surface area contributed by atoms with E-state index in [-0.39, 0.29) is 0 Å². The Balaban J connectivity index is 1.75. The molecule has 2 N–H and O–H groups in total. The molecule has 0 amide bonds. The molecule has 24 heavy (non-hydrogen) atoms. The molecule has 0 spiro atoms. The molecule has 0 fully saturated rings. The quantitative estimate of drug-likeness (QED) is 0.636. The lowest BCUT2D eigenvalue weighted by Gasteiger charge is -2.11. The Morgan fingerprint density at radius 2 is 1.79 bits per heavy atom. The van der Waals surface area contributed by atoms with Gasteiger partial charge in [0.15, 0.2) is 0 Å². The number of aromatic nitrogens is 2. The third-order valence-electron chi connectivity index (χ3n) is 3.35. The van der Waals surface area contributed by atoms with Gasteiger partial charge in [-0.3, -0.25) is 0 Å².